The molecule has 0 bridgehead atoms. The van der Waals surface area contributed by atoms with Crippen molar-refractivity contribution in [3.8, 4) is 0 Å². The lowest BCUT2D eigenvalue weighted by Gasteiger charge is -2.28. The zero-order valence-electron chi connectivity index (χ0n) is 13.4. The lowest BCUT2D eigenvalue weighted by atomic mass is 10.2. The second-order valence-corrected chi connectivity index (χ2v) is 5.77. The van der Waals surface area contributed by atoms with Crippen LogP contribution in [0.1, 0.15) is 11.4 Å². The topological polar surface area (TPSA) is 38.2 Å². The van der Waals surface area contributed by atoms with Crippen molar-refractivity contribution in [2.24, 2.45) is 0 Å². The van der Waals surface area contributed by atoms with E-state index in [1.807, 2.05) is 48.6 Å². The molecule has 0 radical (unpaired) electrons. The average molecular weight is 317 g/mol. The smallest absolute Gasteiger partial charge is 0.154 e. The van der Waals surface area contributed by atoms with Gasteiger partial charge >= 0.3 is 0 Å². The summed E-state index contributed by atoms with van der Waals surface area (Å²) in [6, 6.07) is 18.4. The molecule has 2 heterocycles. The van der Waals surface area contributed by atoms with E-state index in [9.17, 15) is 0 Å². The van der Waals surface area contributed by atoms with Crippen LogP contribution in [0.4, 0.5) is 5.82 Å². The summed E-state index contributed by atoms with van der Waals surface area (Å²) in [5.41, 5.74) is 2.11. The molecule has 1 fully saturated rings. The van der Waals surface area contributed by atoms with Crippen molar-refractivity contribution in [2.45, 2.75) is 0 Å². The van der Waals surface area contributed by atoms with Gasteiger partial charge in [0.2, 0.25) is 0 Å². The maximum atomic E-state index is 5.47. The lowest BCUT2D eigenvalue weighted by Crippen LogP contribution is -2.37. The highest BCUT2D eigenvalue weighted by molar-refractivity contribution is 5.90. The second kappa shape index (κ2) is 6.81. The summed E-state index contributed by atoms with van der Waals surface area (Å²) in [5.74, 6) is 1.73. The molecule has 1 aromatic heterocycles. The number of anilines is 1. The first kappa shape index (κ1) is 14.8. The van der Waals surface area contributed by atoms with E-state index >= 15 is 0 Å². The lowest BCUT2D eigenvalue weighted by molar-refractivity contribution is 0.122. The van der Waals surface area contributed by atoms with Crippen molar-refractivity contribution in [3.05, 3.63) is 66.0 Å². The largest absolute Gasteiger partial charge is 0.378 e. The van der Waals surface area contributed by atoms with Crippen LogP contribution >= 0.6 is 0 Å². The van der Waals surface area contributed by atoms with Gasteiger partial charge in [0.05, 0.1) is 18.7 Å². The van der Waals surface area contributed by atoms with Gasteiger partial charge in [-0.25, -0.2) is 9.97 Å². The first-order valence-electron chi connectivity index (χ1n) is 8.23. The van der Waals surface area contributed by atoms with Crippen molar-refractivity contribution >= 4 is 28.9 Å². The number of fused-ring (bicyclic) bond motifs is 1. The van der Waals surface area contributed by atoms with Crippen LogP contribution in [0.25, 0.3) is 23.1 Å². The minimum atomic E-state index is 0.735. The summed E-state index contributed by atoms with van der Waals surface area (Å²) in [5, 5.41) is 1.09. The maximum absolute atomic E-state index is 5.47. The van der Waals surface area contributed by atoms with Crippen LogP contribution in [-0.4, -0.2) is 36.3 Å². The van der Waals surface area contributed by atoms with Crippen molar-refractivity contribution in [1.29, 1.82) is 0 Å². The molecule has 1 aliphatic heterocycles. The van der Waals surface area contributed by atoms with Gasteiger partial charge in [-0.05, 0) is 23.8 Å². The molecule has 1 aliphatic rings. The van der Waals surface area contributed by atoms with Gasteiger partial charge in [-0.3, -0.25) is 0 Å². The molecule has 0 N–H and O–H groups in total. The molecule has 4 rings (SSSR count). The van der Waals surface area contributed by atoms with E-state index in [2.05, 4.69) is 28.1 Å². The highest BCUT2D eigenvalue weighted by atomic mass is 16.5. The fraction of sp³-hybridized carbons (Fsp3) is 0.200. The summed E-state index contributed by atoms with van der Waals surface area (Å²) < 4.78 is 5.47. The number of rotatable bonds is 3. The summed E-state index contributed by atoms with van der Waals surface area (Å²) in [7, 11) is 0. The first-order chi connectivity index (χ1) is 11.9. The van der Waals surface area contributed by atoms with E-state index in [4.69, 9.17) is 9.72 Å². The number of morpholine rings is 1. The Morgan fingerprint density at radius 1 is 0.833 bits per heavy atom. The molecule has 1 saturated heterocycles. The molecule has 0 atom stereocenters. The zero-order chi connectivity index (χ0) is 16.2. The molecule has 4 heteroatoms. The van der Waals surface area contributed by atoms with Crippen molar-refractivity contribution in [2.75, 3.05) is 31.2 Å². The molecule has 2 aromatic carbocycles. The molecule has 120 valence electrons. The standard InChI is InChI=1S/C20H19N3O/c1-2-6-16(7-3-1)10-11-19-21-18-9-5-4-8-17(18)20(22-19)23-12-14-24-15-13-23/h1-11H,12-15H2/b11-10+. The number of ether oxygens (including phenoxy) is 1. The molecule has 0 spiro atoms. The van der Waals surface area contributed by atoms with Crippen LogP contribution in [0.15, 0.2) is 54.6 Å². The van der Waals surface area contributed by atoms with Gasteiger partial charge in [-0.2, -0.15) is 0 Å². The SMILES string of the molecule is C(=C\c1nc(N2CCOCC2)c2ccccc2n1)/c1ccccc1. The number of nitrogens with zero attached hydrogens (tertiary/aromatic N) is 3. The van der Waals surface area contributed by atoms with Gasteiger partial charge in [0.25, 0.3) is 0 Å². The Hall–Kier alpha value is -2.72. The quantitative estimate of drug-likeness (QED) is 0.739. The molecule has 0 aliphatic carbocycles. The average Bonchev–Trinajstić information content (AvgIpc) is 2.67. The van der Waals surface area contributed by atoms with Gasteiger partial charge < -0.3 is 9.64 Å². The Morgan fingerprint density at radius 3 is 2.42 bits per heavy atom. The van der Waals surface area contributed by atoms with Gasteiger partial charge in [0.1, 0.15) is 5.82 Å². The van der Waals surface area contributed by atoms with Crippen LogP contribution in [-0.2, 0) is 4.74 Å². The van der Waals surface area contributed by atoms with Crippen molar-refractivity contribution < 1.29 is 4.74 Å². The molecule has 24 heavy (non-hydrogen) atoms. The third-order valence-corrected chi connectivity index (χ3v) is 4.14. The van der Waals surface area contributed by atoms with Crippen molar-refractivity contribution in [3.63, 3.8) is 0 Å². The summed E-state index contributed by atoms with van der Waals surface area (Å²) in [6.45, 7) is 3.22. The molecule has 0 amide bonds. The third kappa shape index (κ3) is 3.14. The van der Waals surface area contributed by atoms with E-state index in [0.29, 0.717) is 0 Å². The fourth-order valence-corrected chi connectivity index (χ4v) is 2.90. The number of aromatic nitrogens is 2. The van der Waals surface area contributed by atoms with Crippen LogP contribution in [0.3, 0.4) is 0 Å². The highest BCUT2D eigenvalue weighted by Gasteiger charge is 2.16. The maximum Gasteiger partial charge on any atom is 0.154 e. The normalized spacial score (nSPS) is 15.2. The van der Waals surface area contributed by atoms with Gasteiger partial charge in [0.15, 0.2) is 5.82 Å². The molecule has 0 unspecified atom stereocenters. The predicted molar refractivity (Wildman–Crippen MR) is 97.9 cm³/mol. The first-order valence-corrected chi connectivity index (χ1v) is 8.23. The Kier molecular flexibility index (Phi) is 4.21. The number of hydrogen-bond donors (Lipinski definition) is 0. The summed E-state index contributed by atoms with van der Waals surface area (Å²) in [4.78, 5) is 11.8. The minimum absolute atomic E-state index is 0.735. The van der Waals surface area contributed by atoms with Crippen LogP contribution in [0.5, 0.6) is 0 Å². The summed E-state index contributed by atoms with van der Waals surface area (Å²) >= 11 is 0. The molecule has 0 saturated carbocycles. The molecule has 3 aromatic rings. The molecular weight excluding hydrogens is 298 g/mol. The van der Waals surface area contributed by atoms with Gasteiger partial charge in [-0.1, -0.05) is 48.5 Å². The Morgan fingerprint density at radius 2 is 1.58 bits per heavy atom. The number of hydrogen-bond acceptors (Lipinski definition) is 4. The fourth-order valence-electron chi connectivity index (χ4n) is 2.90. The Bertz CT molecular complexity index is 855. The Labute approximate surface area is 141 Å². The van der Waals surface area contributed by atoms with Crippen LogP contribution in [0.2, 0.25) is 0 Å². The van der Waals surface area contributed by atoms with Gasteiger partial charge in [-0.15, -0.1) is 0 Å². The van der Waals surface area contributed by atoms with Crippen LogP contribution < -0.4 is 4.90 Å². The highest BCUT2D eigenvalue weighted by Crippen LogP contribution is 2.25. The van der Waals surface area contributed by atoms with E-state index in [-0.39, 0.29) is 0 Å². The Balaban J connectivity index is 1.75. The molecule has 4 nitrogen and oxygen atoms in total. The van der Waals surface area contributed by atoms with E-state index < -0.39 is 0 Å². The van der Waals surface area contributed by atoms with Gasteiger partial charge in [0, 0.05) is 18.5 Å². The van der Waals surface area contributed by atoms with Crippen molar-refractivity contribution in [1.82, 2.24) is 9.97 Å². The van der Waals surface area contributed by atoms with E-state index in [1.54, 1.807) is 0 Å². The van der Waals surface area contributed by atoms with E-state index in [0.717, 1.165) is 54.4 Å². The third-order valence-electron chi connectivity index (χ3n) is 4.14. The molecular formula is C20H19N3O. The summed E-state index contributed by atoms with van der Waals surface area (Å²) in [6.07, 6.45) is 4.03. The second-order valence-electron chi connectivity index (χ2n) is 5.77. The zero-order valence-corrected chi connectivity index (χ0v) is 13.4. The monoisotopic (exact) mass is 317 g/mol. The predicted octanol–water partition coefficient (Wildman–Crippen LogP) is 3.64. The number of benzene rings is 2. The van der Waals surface area contributed by atoms with E-state index in [1.165, 1.54) is 0 Å². The number of para-hydroxylation sites is 1. The minimum Gasteiger partial charge on any atom is -0.378 e. The van der Waals surface area contributed by atoms with Crippen LogP contribution in [0, 0.1) is 0 Å².